The van der Waals surface area contributed by atoms with Gasteiger partial charge in [0.15, 0.2) is 5.76 Å². The van der Waals surface area contributed by atoms with Crippen LogP contribution in [0.15, 0.2) is 75.8 Å². The summed E-state index contributed by atoms with van der Waals surface area (Å²) in [4.78, 5) is 16.8. The van der Waals surface area contributed by atoms with Crippen LogP contribution < -0.4 is 5.32 Å². The molecular formula is C21H18BrN3O2. The maximum atomic E-state index is 12.0. The van der Waals surface area contributed by atoms with Crippen molar-refractivity contribution in [3.63, 3.8) is 0 Å². The first-order valence-corrected chi connectivity index (χ1v) is 9.50. The second-order valence-corrected chi connectivity index (χ2v) is 7.13. The smallest absolute Gasteiger partial charge is 0.286 e. The molecule has 0 unspecified atom stereocenters. The molecular weight excluding hydrogens is 406 g/mol. The molecule has 4 aromatic rings. The lowest BCUT2D eigenvalue weighted by atomic mass is 10.2. The maximum Gasteiger partial charge on any atom is 0.286 e. The first-order chi connectivity index (χ1) is 13.2. The largest absolute Gasteiger partial charge is 0.459 e. The number of carbonyl (C=O) groups is 1. The van der Waals surface area contributed by atoms with E-state index in [-0.39, 0.29) is 5.91 Å². The summed E-state index contributed by atoms with van der Waals surface area (Å²) >= 11 is 3.53. The van der Waals surface area contributed by atoms with Gasteiger partial charge in [-0.15, -0.1) is 0 Å². The predicted molar refractivity (Wildman–Crippen MR) is 108 cm³/mol. The zero-order valence-electron chi connectivity index (χ0n) is 14.6. The van der Waals surface area contributed by atoms with Crippen molar-refractivity contribution in [1.82, 2.24) is 14.9 Å². The normalized spacial score (nSPS) is 11.0. The number of benzene rings is 2. The van der Waals surface area contributed by atoms with Crippen molar-refractivity contribution in [2.24, 2.45) is 0 Å². The molecule has 2 aromatic carbocycles. The number of nitrogens with zero attached hydrogens (tertiary/aromatic N) is 2. The Morgan fingerprint density at radius 1 is 1.11 bits per heavy atom. The minimum atomic E-state index is -0.213. The van der Waals surface area contributed by atoms with Crippen molar-refractivity contribution < 1.29 is 9.21 Å². The highest BCUT2D eigenvalue weighted by atomic mass is 79.9. The Hall–Kier alpha value is -2.86. The third kappa shape index (κ3) is 3.95. The number of fused-ring (bicyclic) bond motifs is 1. The predicted octanol–water partition coefficient (Wildman–Crippen LogP) is 4.41. The summed E-state index contributed by atoms with van der Waals surface area (Å²) in [6.07, 6.45) is 2.13. The van der Waals surface area contributed by atoms with Gasteiger partial charge < -0.3 is 14.3 Å². The van der Waals surface area contributed by atoms with E-state index in [1.807, 2.05) is 30.3 Å². The number of aromatic nitrogens is 2. The van der Waals surface area contributed by atoms with Gasteiger partial charge in [-0.3, -0.25) is 4.79 Å². The van der Waals surface area contributed by atoms with Gasteiger partial charge in [-0.1, -0.05) is 40.2 Å². The third-order valence-corrected chi connectivity index (χ3v) is 4.84. The van der Waals surface area contributed by atoms with E-state index in [2.05, 4.69) is 44.0 Å². The molecule has 4 rings (SSSR count). The van der Waals surface area contributed by atoms with Crippen LogP contribution in [0.5, 0.6) is 0 Å². The highest BCUT2D eigenvalue weighted by molar-refractivity contribution is 9.10. The Morgan fingerprint density at radius 2 is 2.00 bits per heavy atom. The van der Waals surface area contributed by atoms with E-state index < -0.39 is 0 Å². The van der Waals surface area contributed by atoms with Crippen LogP contribution in [0.25, 0.3) is 11.0 Å². The van der Waals surface area contributed by atoms with Crippen LogP contribution >= 0.6 is 15.9 Å². The molecule has 0 radical (unpaired) electrons. The SMILES string of the molecule is O=C(NCCc1nc2ccccc2n1Cc1cccc(Br)c1)c1ccco1. The lowest BCUT2D eigenvalue weighted by Gasteiger charge is -2.10. The number of nitrogens with one attached hydrogen (secondary N) is 1. The van der Waals surface area contributed by atoms with E-state index >= 15 is 0 Å². The molecule has 0 atom stereocenters. The molecule has 0 spiro atoms. The fraction of sp³-hybridized carbons (Fsp3) is 0.143. The molecule has 27 heavy (non-hydrogen) atoms. The molecule has 1 amide bonds. The van der Waals surface area contributed by atoms with Crippen LogP contribution in [0.4, 0.5) is 0 Å². The molecule has 0 saturated heterocycles. The van der Waals surface area contributed by atoms with Crippen LogP contribution in [-0.2, 0) is 13.0 Å². The molecule has 0 aliphatic heterocycles. The Kier molecular flexibility index (Phi) is 5.07. The fourth-order valence-corrected chi connectivity index (χ4v) is 3.54. The molecule has 0 aliphatic rings. The van der Waals surface area contributed by atoms with Gasteiger partial charge >= 0.3 is 0 Å². The van der Waals surface area contributed by atoms with Crippen molar-refractivity contribution in [2.75, 3.05) is 6.54 Å². The molecule has 0 saturated carbocycles. The molecule has 2 aromatic heterocycles. The Morgan fingerprint density at radius 3 is 2.81 bits per heavy atom. The minimum Gasteiger partial charge on any atom is -0.459 e. The monoisotopic (exact) mass is 423 g/mol. The summed E-state index contributed by atoms with van der Waals surface area (Å²) in [5, 5.41) is 2.88. The molecule has 1 N–H and O–H groups in total. The van der Waals surface area contributed by atoms with Gasteiger partial charge in [-0.25, -0.2) is 4.98 Å². The molecule has 2 heterocycles. The number of halogens is 1. The first-order valence-electron chi connectivity index (χ1n) is 8.71. The van der Waals surface area contributed by atoms with Crippen molar-refractivity contribution >= 4 is 32.9 Å². The van der Waals surface area contributed by atoms with Crippen LogP contribution in [-0.4, -0.2) is 22.0 Å². The van der Waals surface area contributed by atoms with E-state index in [9.17, 15) is 4.79 Å². The summed E-state index contributed by atoms with van der Waals surface area (Å²) in [6, 6.07) is 19.7. The molecule has 6 heteroatoms. The second-order valence-electron chi connectivity index (χ2n) is 6.22. The topological polar surface area (TPSA) is 60.1 Å². The van der Waals surface area contributed by atoms with Crippen LogP contribution in [0.1, 0.15) is 21.9 Å². The van der Waals surface area contributed by atoms with Crippen molar-refractivity contribution in [1.29, 1.82) is 0 Å². The summed E-state index contributed by atoms with van der Waals surface area (Å²) in [5.41, 5.74) is 3.23. The Balaban J connectivity index is 1.55. The van der Waals surface area contributed by atoms with Crippen LogP contribution in [0, 0.1) is 0 Å². The summed E-state index contributed by atoms with van der Waals surface area (Å²) in [7, 11) is 0. The average Bonchev–Trinajstić information content (AvgIpc) is 3.31. The number of para-hydroxylation sites is 2. The van der Waals surface area contributed by atoms with Crippen molar-refractivity contribution in [3.8, 4) is 0 Å². The number of furan rings is 1. The number of hydrogen-bond donors (Lipinski definition) is 1. The first kappa shape index (κ1) is 17.5. The van der Waals surface area contributed by atoms with Gasteiger partial charge in [0.25, 0.3) is 5.91 Å². The molecule has 5 nitrogen and oxygen atoms in total. The van der Waals surface area contributed by atoms with Crippen molar-refractivity contribution in [2.45, 2.75) is 13.0 Å². The van der Waals surface area contributed by atoms with E-state index in [0.717, 1.165) is 27.9 Å². The lowest BCUT2D eigenvalue weighted by Crippen LogP contribution is -2.26. The van der Waals surface area contributed by atoms with Crippen LogP contribution in [0.2, 0.25) is 0 Å². The van der Waals surface area contributed by atoms with Gasteiger partial charge in [-0.05, 0) is 42.0 Å². The number of amides is 1. The number of rotatable bonds is 6. The highest BCUT2D eigenvalue weighted by Crippen LogP contribution is 2.20. The van der Waals surface area contributed by atoms with Gasteiger partial charge in [0, 0.05) is 24.0 Å². The number of imidazole rings is 1. The summed E-state index contributed by atoms with van der Waals surface area (Å²) < 4.78 is 8.38. The Bertz CT molecular complexity index is 1070. The lowest BCUT2D eigenvalue weighted by molar-refractivity contribution is 0.0926. The second kappa shape index (κ2) is 7.80. The fourth-order valence-electron chi connectivity index (χ4n) is 3.09. The van der Waals surface area contributed by atoms with E-state index in [0.29, 0.717) is 18.7 Å². The number of carbonyl (C=O) groups excluding carboxylic acids is 1. The van der Waals surface area contributed by atoms with Crippen LogP contribution in [0.3, 0.4) is 0 Å². The summed E-state index contributed by atoms with van der Waals surface area (Å²) in [5.74, 6) is 1.04. The molecule has 0 fully saturated rings. The number of hydrogen-bond acceptors (Lipinski definition) is 3. The molecule has 136 valence electrons. The third-order valence-electron chi connectivity index (χ3n) is 4.34. The average molecular weight is 424 g/mol. The van der Waals surface area contributed by atoms with Crippen molar-refractivity contribution in [3.05, 3.63) is 88.5 Å². The standard InChI is InChI=1S/C21H18BrN3O2/c22-16-6-3-5-15(13-16)14-25-18-8-2-1-7-17(18)24-20(25)10-11-23-21(26)19-9-4-12-27-19/h1-9,12-13H,10-11,14H2,(H,23,26). The maximum absolute atomic E-state index is 12.0. The van der Waals surface area contributed by atoms with Gasteiger partial charge in [-0.2, -0.15) is 0 Å². The zero-order chi connectivity index (χ0) is 18.6. The highest BCUT2D eigenvalue weighted by Gasteiger charge is 2.13. The molecule has 0 aliphatic carbocycles. The minimum absolute atomic E-state index is 0.213. The Labute approximate surface area is 165 Å². The molecule has 0 bridgehead atoms. The van der Waals surface area contributed by atoms with Gasteiger partial charge in [0.1, 0.15) is 5.82 Å². The zero-order valence-corrected chi connectivity index (χ0v) is 16.1. The van der Waals surface area contributed by atoms with E-state index in [1.165, 1.54) is 11.8 Å². The van der Waals surface area contributed by atoms with E-state index in [4.69, 9.17) is 9.40 Å². The summed E-state index contributed by atoms with van der Waals surface area (Å²) in [6.45, 7) is 1.21. The van der Waals surface area contributed by atoms with Gasteiger partial charge in [0.05, 0.1) is 17.3 Å². The quantitative estimate of drug-likeness (QED) is 0.499. The van der Waals surface area contributed by atoms with Gasteiger partial charge in [0.2, 0.25) is 0 Å². The van der Waals surface area contributed by atoms with E-state index in [1.54, 1.807) is 12.1 Å².